The predicted octanol–water partition coefficient (Wildman–Crippen LogP) is 1.24. The van der Waals surface area contributed by atoms with Crippen molar-refractivity contribution in [2.24, 2.45) is 0 Å². The molecule has 0 atom stereocenters. The molecule has 0 amide bonds. The van der Waals surface area contributed by atoms with Crippen molar-refractivity contribution in [1.82, 2.24) is 5.32 Å². The highest BCUT2D eigenvalue weighted by Gasteiger charge is 2.31. The van der Waals surface area contributed by atoms with E-state index in [1.54, 1.807) is 0 Å². The monoisotopic (exact) mass is 189 g/mol. The van der Waals surface area contributed by atoms with E-state index in [1.165, 1.54) is 12.8 Å². The van der Waals surface area contributed by atoms with Crippen LogP contribution in [0.15, 0.2) is 0 Å². The number of thioether (sulfide) groups is 1. The first kappa shape index (κ1) is 10.4. The number of aliphatic hydroxyl groups is 1. The minimum Gasteiger partial charge on any atom is -0.394 e. The second-order valence-corrected chi connectivity index (χ2v) is 4.55. The van der Waals surface area contributed by atoms with Gasteiger partial charge in [0.15, 0.2) is 0 Å². The van der Waals surface area contributed by atoms with Gasteiger partial charge in [0.25, 0.3) is 0 Å². The summed E-state index contributed by atoms with van der Waals surface area (Å²) in [5.41, 5.74) is 0.0791. The standard InChI is InChI=1S/C9H19NOS/c1-12-7-6-10-9(8-11)4-2-3-5-9/h10-11H,2-8H2,1H3. The maximum Gasteiger partial charge on any atom is 0.0613 e. The topological polar surface area (TPSA) is 32.3 Å². The zero-order chi connectivity index (χ0) is 8.86. The molecule has 0 spiro atoms. The number of nitrogens with one attached hydrogen (secondary N) is 1. The number of aliphatic hydroxyl groups excluding tert-OH is 1. The number of rotatable bonds is 5. The van der Waals surface area contributed by atoms with Crippen LogP contribution in [-0.4, -0.2) is 35.8 Å². The van der Waals surface area contributed by atoms with E-state index in [0.717, 1.165) is 25.1 Å². The predicted molar refractivity (Wildman–Crippen MR) is 54.7 cm³/mol. The first-order chi connectivity index (χ1) is 5.83. The van der Waals surface area contributed by atoms with Crippen LogP contribution in [0, 0.1) is 0 Å². The molecule has 1 rings (SSSR count). The Kier molecular flexibility index (Phi) is 4.40. The fraction of sp³-hybridized carbons (Fsp3) is 1.00. The number of hydrogen-bond donors (Lipinski definition) is 2. The summed E-state index contributed by atoms with van der Waals surface area (Å²) in [6.07, 6.45) is 6.96. The highest BCUT2D eigenvalue weighted by atomic mass is 32.2. The fourth-order valence-electron chi connectivity index (χ4n) is 1.86. The van der Waals surface area contributed by atoms with Crippen LogP contribution in [0.2, 0.25) is 0 Å². The highest BCUT2D eigenvalue weighted by Crippen LogP contribution is 2.28. The Morgan fingerprint density at radius 2 is 2.08 bits per heavy atom. The molecule has 0 heterocycles. The zero-order valence-electron chi connectivity index (χ0n) is 7.81. The van der Waals surface area contributed by atoms with Gasteiger partial charge in [-0.05, 0) is 19.1 Å². The average Bonchev–Trinajstić information content (AvgIpc) is 2.55. The minimum absolute atomic E-state index is 0.0791. The lowest BCUT2D eigenvalue weighted by atomic mass is 9.99. The lowest BCUT2D eigenvalue weighted by Crippen LogP contribution is -2.46. The maximum atomic E-state index is 9.25. The quantitative estimate of drug-likeness (QED) is 0.638. The van der Waals surface area contributed by atoms with E-state index in [9.17, 15) is 5.11 Å². The van der Waals surface area contributed by atoms with Gasteiger partial charge >= 0.3 is 0 Å². The molecule has 2 nitrogen and oxygen atoms in total. The Morgan fingerprint density at radius 1 is 1.42 bits per heavy atom. The van der Waals surface area contributed by atoms with E-state index in [2.05, 4.69) is 11.6 Å². The molecule has 72 valence electrons. The van der Waals surface area contributed by atoms with E-state index in [1.807, 2.05) is 11.8 Å². The van der Waals surface area contributed by atoms with E-state index in [0.29, 0.717) is 6.61 Å². The zero-order valence-corrected chi connectivity index (χ0v) is 8.62. The van der Waals surface area contributed by atoms with Crippen molar-refractivity contribution in [3.8, 4) is 0 Å². The molecule has 0 unspecified atom stereocenters. The van der Waals surface area contributed by atoms with Gasteiger partial charge in [0, 0.05) is 17.8 Å². The van der Waals surface area contributed by atoms with Crippen molar-refractivity contribution < 1.29 is 5.11 Å². The molecule has 1 aliphatic rings. The Labute approximate surface area is 79.1 Å². The average molecular weight is 189 g/mol. The second-order valence-electron chi connectivity index (χ2n) is 3.57. The van der Waals surface area contributed by atoms with Crippen LogP contribution >= 0.6 is 11.8 Å². The largest absolute Gasteiger partial charge is 0.394 e. The van der Waals surface area contributed by atoms with Gasteiger partial charge in [0.2, 0.25) is 0 Å². The third-order valence-electron chi connectivity index (χ3n) is 2.67. The van der Waals surface area contributed by atoms with Crippen LogP contribution in [0.5, 0.6) is 0 Å². The fourth-order valence-corrected chi connectivity index (χ4v) is 2.17. The molecule has 0 aromatic carbocycles. The van der Waals surface area contributed by atoms with Gasteiger partial charge in [-0.3, -0.25) is 0 Å². The van der Waals surface area contributed by atoms with Crippen molar-refractivity contribution in [1.29, 1.82) is 0 Å². The molecule has 1 aliphatic carbocycles. The van der Waals surface area contributed by atoms with Crippen LogP contribution in [0.25, 0.3) is 0 Å². The van der Waals surface area contributed by atoms with E-state index in [-0.39, 0.29) is 5.54 Å². The van der Waals surface area contributed by atoms with Gasteiger partial charge in [-0.2, -0.15) is 11.8 Å². The van der Waals surface area contributed by atoms with Crippen molar-refractivity contribution in [3.05, 3.63) is 0 Å². The van der Waals surface area contributed by atoms with E-state index < -0.39 is 0 Å². The molecular weight excluding hydrogens is 170 g/mol. The van der Waals surface area contributed by atoms with Gasteiger partial charge < -0.3 is 10.4 Å². The van der Waals surface area contributed by atoms with Gasteiger partial charge in [0.05, 0.1) is 6.61 Å². The van der Waals surface area contributed by atoms with Crippen molar-refractivity contribution in [2.75, 3.05) is 25.2 Å². The molecule has 2 N–H and O–H groups in total. The molecule has 0 radical (unpaired) electrons. The molecule has 3 heteroatoms. The van der Waals surface area contributed by atoms with Crippen LogP contribution in [-0.2, 0) is 0 Å². The Hall–Kier alpha value is 0.270. The van der Waals surface area contributed by atoms with Gasteiger partial charge in [0.1, 0.15) is 0 Å². The summed E-state index contributed by atoms with van der Waals surface area (Å²) >= 11 is 1.85. The third-order valence-corrected chi connectivity index (χ3v) is 3.28. The summed E-state index contributed by atoms with van der Waals surface area (Å²) in [6, 6.07) is 0. The van der Waals surface area contributed by atoms with Gasteiger partial charge in [-0.15, -0.1) is 0 Å². The molecule has 0 aromatic rings. The molecular formula is C9H19NOS. The second kappa shape index (κ2) is 5.10. The first-order valence-electron chi connectivity index (χ1n) is 4.68. The molecule has 0 bridgehead atoms. The molecule has 0 saturated heterocycles. The molecule has 1 fully saturated rings. The summed E-state index contributed by atoms with van der Waals surface area (Å²) in [6.45, 7) is 1.34. The molecule has 0 aromatic heterocycles. The summed E-state index contributed by atoms with van der Waals surface area (Å²) < 4.78 is 0. The van der Waals surface area contributed by atoms with E-state index >= 15 is 0 Å². The van der Waals surface area contributed by atoms with Gasteiger partial charge in [-0.25, -0.2) is 0 Å². The SMILES string of the molecule is CSCCNC1(CO)CCCC1. The van der Waals surface area contributed by atoms with E-state index in [4.69, 9.17) is 0 Å². The summed E-state index contributed by atoms with van der Waals surface area (Å²) in [4.78, 5) is 0. The summed E-state index contributed by atoms with van der Waals surface area (Å²) in [7, 11) is 0. The van der Waals surface area contributed by atoms with Crippen LogP contribution in [0.1, 0.15) is 25.7 Å². The van der Waals surface area contributed by atoms with Crippen molar-refractivity contribution in [3.63, 3.8) is 0 Å². The summed E-state index contributed by atoms with van der Waals surface area (Å²) in [5, 5.41) is 12.7. The maximum absolute atomic E-state index is 9.25. The van der Waals surface area contributed by atoms with Crippen molar-refractivity contribution in [2.45, 2.75) is 31.2 Å². The van der Waals surface area contributed by atoms with Crippen molar-refractivity contribution >= 4 is 11.8 Å². The van der Waals surface area contributed by atoms with Crippen LogP contribution < -0.4 is 5.32 Å². The smallest absolute Gasteiger partial charge is 0.0613 e. The first-order valence-corrected chi connectivity index (χ1v) is 6.07. The minimum atomic E-state index is 0.0791. The molecule has 12 heavy (non-hydrogen) atoms. The Morgan fingerprint density at radius 3 is 2.58 bits per heavy atom. The molecule has 0 aliphatic heterocycles. The highest BCUT2D eigenvalue weighted by molar-refractivity contribution is 7.98. The summed E-state index contributed by atoms with van der Waals surface area (Å²) in [5.74, 6) is 1.14. The van der Waals surface area contributed by atoms with Crippen LogP contribution in [0.3, 0.4) is 0 Å². The van der Waals surface area contributed by atoms with Gasteiger partial charge in [-0.1, -0.05) is 12.8 Å². The third kappa shape index (κ3) is 2.64. The molecule has 1 saturated carbocycles. The normalized spacial score (nSPS) is 21.5. The van der Waals surface area contributed by atoms with Crippen LogP contribution in [0.4, 0.5) is 0 Å². The number of hydrogen-bond acceptors (Lipinski definition) is 3. The Bertz CT molecular complexity index is 124. The Balaban J connectivity index is 2.24. The lowest BCUT2D eigenvalue weighted by Gasteiger charge is -2.27. The lowest BCUT2D eigenvalue weighted by molar-refractivity contribution is 0.167.